The van der Waals surface area contributed by atoms with E-state index >= 15 is 0 Å². The standard InChI is InChI=1S/C4H8ClO4P/c5-1-3(4(6)7)2-10(8)9/h3,10H,1-2H2,(H,6,7)(H,8,9). The lowest BCUT2D eigenvalue weighted by molar-refractivity contribution is -0.140. The van der Waals surface area contributed by atoms with Gasteiger partial charge in [-0.05, 0) is 0 Å². The first-order valence-corrected chi connectivity index (χ1v) is 4.68. The van der Waals surface area contributed by atoms with E-state index in [2.05, 4.69) is 0 Å². The summed E-state index contributed by atoms with van der Waals surface area (Å²) in [5.41, 5.74) is 0. The summed E-state index contributed by atoms with van der Waals surface area (Å²) in [6, 6.07) is 0. The highest BCUT2D eigenvalue weighted by molar-refractivity contribution is 7.38. The zero-order chi connectivity index (χ0) is 8.15. The van der Waals surface area contributed by atoms with Crippen LogP contribution in [0.1, 0.15) is 0 Å². The number of alkyl halides is 1. The van der Waals surface area contributed by atoms with Gasteiger partial charge in [-0.1, -0.05) is 0 Å². The number of aliphatic carboxylic acids is 1. The molecule has 10 heavy (non-hydrogen) atoms. The Kier molecular flexibility index (Phi) is 4.69. The van der Waals surface area contributed by atoms with Crippen LogP contribution in [0.5, 0.6) is 0 Å². The van der Waals surface area contributed by atoms with Crippen LogP contribution in [0.25, 0.3) is 0 Å². The van der Waals surface area contributed by atoms with Crippen molar-refractivity contribution in [1.82, 2.24) is 0 Å². The first-order valence-electron chi connectivity index (χ1n) is 2.58. The summed E-state index contributed by atoms with van der Waals surface area (Å²) in [6.45, 7) is 0. The predicted octanol–water partition coefficient (Wildman–Crippen LogP) is 0.393. The summed E-state index contributed by atoms with van der Waals surface area (Å²) in [4.78, 5) is 18.5. The van der Waals surface area contributed by atoms with Crippen LogP contribution in [0.4, 0.5) is 0 Å². The molecule has 0 aliphatic carbocycles. The van der Waals surface area contributed by atoms with Gasteiger partial charge in [-0.15, -0.1) is 11.6 Å². The Bertz CT molecular complexity index is 148. The van der Waals surface area contributed by atoms with Crippen molar-refractivity contribution in [2.75, 3.05) is 12.0 Å². The second-order valence-corrected chi connectivity index (χ2v) is 3.29. The van der Waals surface area contributed by atoms with Crippen LogP contribution in [0.3, 0.4) is 0 Å². The number of hydrogen-bond acceptors (Lipinski definition) is 2. The van der Waals surface area contributed by atoms with Crippen molar-refractivity contribution in [2.45, 2.75) is 0 Å². The minimum absolute atomic E-state index is 0.119. The number of halogens is 1. The van der Waals surface area contributed by atoms with Crippen molar-refractivity contribution in [3.05, 3.63) is 0 Å². The van der Waals surface area contributed by atoms with E-state index in [1.54, 1.807) is 0 Å². The SMILES string of the molecule is O=C(O)C(CCl)C[PH](=O)O. The predicted molar refractivity (Wildman–Crippen MR) is 37.9 cm³/mol. The fraction of sp³-hybridized carbons (Fsp3) is 0.750. The highest BCUT2D eigenvalue weighted by Crippen LogP contribution is 2.18. The van der Waals surface area contributed by atoms with E-state index in [4.69, 9.17) is 21.6 Å². The summed E-state index contributed by atoms with van der Waals surface area (Å²) in [5.74, 6) is -2.13. The third-order valence-electron chi connectivity index (χ3n) is 0.957. The molecule has 0 saturated heterocycles. The molecule has 4 nitrogen and oxygen atoms in total. The number of carboxylic acid groups (broad SMARTS) is 1. The van der Waals surface area contributed by atoms with Crippen LogP contribution in [0, 0.1) is 5.92 Å². The zero-order valence-corrected chi connectivity index (χ0v) is 6.84. The van der Waals surface area contributed by atoms with Gasteiger partial charge >= 0.3 is 5.97 Å². The summed E-state index contributed by atoms with van der Waals surface area (Å²) in [5, 5.41) is 8.30. The van der Waals surface area contributed by atoms with Crippen LogP contribution >= 0.6 is 19.6 Å². The lowest BCUT2D eigenvalue weighted by Crippen LogP contribution is -2.17. The van der Waals surface area contributed by atoms with Crippen molar-refractivity contribution in [3.63, 3.8) is 0 Å². The monoisotopic (exact) mass is 186 g/mol. The molecule has 0 amide bonds. The smallest absolute Gasteiger partial charge is 0.308 e. The second kappa shape index (κ2) is 4.72. The molecule has 0 rings (SSSR count). The van der Waals surface area contributed by atoms with Gasteiger partial charge in [-0.25, -0.2) is 0 Å². The Morgan fingerprint density at radius 3 is 2.30 bits per heavy atom. The number of hydrogen-bond donors (Lipinski definition) is 2. The third-order valence-corrected chi connectivity index (χ3v) is 2.17. The minimum Gasteiger partial charge on any atom is -0.481 e. The fourth-order valence-corrected chi connectivity index (χ4v) is 1.58. The fourth-order valence-electron chi connectivity index (χ4n) is 0.419. The Hall–Kier alpha value is -0.0500. The molecule has 0 spiro atoms. The van der Waals surface area contributed by atoms with E-state index in [-0.39, 0.29) is 12.0 Å². The first kappa shape index (κ1) is 9.95. The highest BCUT2D eigenvalue weighted by Gasteiger charge is 2.17. The first-order chi connectivity index (χ1) is 4.57. The summed E-state index contributed by atoms with van der Waals surface area (Å²) in [7, 11) is -2.71. The lowest BCUT2D eigenvalue weighted by atomic mass is 10.2. The third kappa shape index (κ3) is 3.88. The molecule has 0 aliphatic heterocycles. The van der Waals surface area contributed by atoms with Crippen molar-refractivity contribution >= 4 is 25.6 Å². The van der Waals surface area contributed by atoms with Gasteiger partial charge in [0.15, 0.2) is 8.03 Å². The van der Waals surface area contributed by atoms with Gasteiger partial charge in [0.2, 0.25) is 0 Å². The van der Waals surface area contributed by atoms with Crippen LogP contribution in [-0.4, -0.2) is 28.0 Å². The Morgan fingerprint density at radius 2 is 2.20 bits per heavy atom. The maximum atomic E-state index is 10.1. The molecule has 0 saturated carbocycles. The zero-order valence-electron chi connectivity index (χ0n) is 5.08. The Labute approximate surface area is 63.7 Å². The van der Waals surface area contributed by atoms with Crippen molar-refractivity contribution in [2.24, 2.45) is 5.92 Å². The van der Waals surface area contributed by atoms with E-state index in [0.29, 0.717) is 0 Å². The summed E-state index contributed by atoms with van der Waals surface area (Å²) in [6.07, 6.45) is -0.233. The largest absolute Gasteiger partial charge is 0.481 e. The molecule has 0 aromatic heterocycles. The molecule has 60 valence electrons. The summed E-state index contributed by atoms with van der Waals surface area (Å²) >= 11 is 5.19. The molecule has 0 heterocycles. The van der Waals surface area contributed by atoms with E-state index in [1.165, 1.54) is 0 Å². The molecular weight excluding hydrogens is 178 g/mol. The average Bonchev–Trinajstić information content (AvgIpc) is 1.81. The van der Waals surface area contributed by atoms with E-state index in [0.717, 1.165) is 0 Å². The molecule has 0 aromatic rings. The number of rotatable bonds is 4. The van der Waals surface area contributed by atoms with E-state index in [1.807, 2.05) is 0 Å². The maximum absolute atomic E-state index is 10.1. The Balaban J connectivity index is 3.83. The van der Waals surface area contributed by atoms with Crippen LogP contribution in [0.2, 0.25) is 0 Å². The molecule has 0 fully saturated rings. The average molecular weight is 187 g/mol. The molecule has 0 radical (unpaired) electrons. The van der Waals surface area contributed by atoms with Crippen LogP contribution in [-0.2, 0) is 9.36 Å². The molecule has 2 N–H and O–H groups in total. The van der Waals surface area contributed by atoms with Gasteiger partial charge in [0.25, 0.3) is 0 Å². The van der Waals surface area contributed by atoms with Crippen molar-refractivity contribution in [1.29, 1.82) is 0 Å². The number of carboxylic acids is 1. The highest BCUT2D eigenvalue weighted by atomic mass is 35.5. The molecule has 0 aromatic carbocycles. The second-order valence-electron chi connectivity index (χ2n) is 1.79. The van der Waals surface area contributed by atoms with Crippen LogP contribution < -0.4 is 0 Å². The molecule has 0 aliphatic rings. The van der Waals surface area contributed by atoms with Crippen molar-refractivity contribution in [3.8, 4) is 0 Å². The normalized spacial score (nSPS) is 16.2. The van der Waals surface area contributed by atoms with Gasteiger partial charge < -0.3 is 10.00 Å². The van der Waals surface area contributed by atoms with E-state index in [9.17, 15) is 9.36 Å². The van der Waals surface area contributed by atoms with Gasteiger partial charge in [0.05, 0.1) is 5.92 Å². The molecule has 0 bridgehead atoms. The van der Waals surface area contributed by atoms with Gasteiger partial charge in [-0.2, -0.15) is 0 Å². The van der Waals surface area contributed by atoms with Gasteiger partial charge in [0.1, 0.15) is 0 Å². The molecular formula is C4H8ClO4P. The topological polar surface area (TPSA) is 74.6 Å². The maximum Gasteiger partial charge on any atom is 0.308 e. The lowest BCUT2D eigenvalue weighted by Gasteiger charge is -2.03. The summed E-state index contributed by atoms with van der Waals surface area (Å²) < 4.78 is 10.1. The van der Waals surface area contributed by atoms with Gasteiger partial charge in [-0.3, -0.25) is 9.36 Å². The molecule has 2 atom stereocenters. The molecule has 6 heteroatoms. The van der Waals surface area contributed by atoms with Gasteiger partial charge in [0, 0.05) is 12.0 Å². The number of carbonyl (C=O) groups is 1. The van der Waals surface area contributed by atoms with Crippen LogP contribution in [0.15, 0.2) is 0 Å². The van der Waals surface area contributed by atoms with Crippen molar-refractivity contribution < 1.29 is 19.4 Å². The minimum atomic E-state index is -2.71. The quantitative estimate of drug-likeness (QED) is 0.492. The molecule has 2 unspecified atom stereocenters. The Morgan fingerprint density at radius 1 is 1.70 bits per heavy atom. The van der Waals surface area contributed by atoms with E-state index < -0.39 is 19.9 Å².